The molecule has 1 aliphatic heterocycles. The van der Waals surface area contributed by atoms with Gasteiger partial charge in [0.05, 0.1) is 0 Å². The second kappa shape index (κ2) is 3.80. The third-order valence-corrected chi connectivity index (χ3v) is 4.70. The van der Waals surface area contributed by atoms with Gasteiger partial charge in [0.1, 0.15) is 0 Å². The molecule has 2 aliphatic rings. The summed E-state index contributed by atoms with van der Waals surface area (Å²) in [6.45, 7) is 2.35. The van der Waals surface area contributed by atoms with E-state index in [2.05, 4.69) is 43.1 Å². The van der Waals surface area contributed by atoms with Crippen LogP contribution in [0.4, 0.5) is 5.69 Å². The largest absolute Gasteiger partial charge is 0.371 e. The number of anilines is 1. The first-order chi connectivity index (χ1) is 7.83. The zero-order valence-corrected chi connectivity index (χ0v) is 10.3. The molecule has 1 heteroatoms. The van der Waals surface area contributed by atoms with E-state index in [-0.39, 0.29) is 0 Å². The van der Waals surface area contributed by atoms with Crippen molar-refractivity contribution < 1.29 is 0 Å². The van der Waals surface area contributed by atoms with Gasteiger partial charge in [0.25, 0.3) is 0 Å². The van der Waals surface area contributed by atoms with Gasteiger partial charge < -0.3 is 4.90 Å². The molecule has 0 saturated heterocycles. The summed E-state index contributed by atoms with van der Waals surface area (Å²) < 4.78 is 0. The predicted octanol–water partition coefficient (Wildman–Crippen LogP) is 3.80. The molecule has 1 fully saturated rings. The van der Waals surface area contributed by atoms with Gasteiger partial charge in [-0.25, -0.2) is 0 Å². The van der Waals surface area contributed by atoms with Crippen LogP contribution in [0.25, 0.3) is 0 Å². The molecule has 1 aromatic carbocycles. The van der Waals surface area contributed by atoms with E-state index in [0.717, 1.165) is 17.9 Å². The Bertz CT molecular complexity index is 385. The van der Waals surface area contributed by atoms with Crippen molar-refractivity contribution in [2.45, 2.75) is 44.6 Å². The summed E-state index contributed by atoms with van der Waals surface area (Å²) in [5.74, 6) is 1.71. The van der Waals surface area contributed by atoms with E-state index in [1.54, 1.807) is 5.56 Å². The van der Waals surface area contributed by atoms with Gasteiger partial charge in [-0.15, -0.1) is 0 Å². The molecule has 0 bridgehead atoms. The highest BCUT2D eigenvalue weighted by Gasteiger charge is 2.40. The van der Waals surface area contributed by atoms with Crippen LogP contribution in [0.15, 0.2) is 24.3 Å². The van der Waals surface area contributed by atoms with Crippen molar-refractivity contribution >= 4 is 5.69 Å². The van der Waals surface area contributed by atoms with Crippen molar-refractivity contribution in [1.82, 2.24) is 0 Å². The van der Waals surface area contributed by atoms with Crippen LogP contribution in [0.2, 0.25) is 0 Å². The molecule has 0 N–H and O–H groups in total. The molecule has 86 valence electrons. The van der Waals surface area contributed by atoms with Crippen LogP contribution in [-0.4, -0.2) is 13.1 Å². The molecule has 0 spiro atoms. The highest BCUT2D eigenvalue weighted by Crippen LogP contribution is 2.49. The third-order valence-electron chi connectivity index (χ3n) is 4.70. The van der Waals surface area contributed by atoms with Gasteiger partial charge in [-0.1, -0.05) is 31.5 Å². The molecule has 16 heavy (non-hydrogen) atoms. The quantitative estimate of drug-likeness (QED) is 0.688. The van der Waals surface area contributed by atoms with E-state index < -0.39 is 0 Å². The van der Waals surface area contributed by atoms with Crippen molar-refractivity contribution in [1.29, 1.82) is 0 Å². The van der Waals surface area contributed by atoms with E-state index in [1.165, 1.54) is 31.4 Å². The number of hydrogen-bond donors (Lipinski definition) is 0. The van der Waals surface area contributed by atoms with Crippen molar-refractivity contribution in [3.05, 3.63) is 29.8 Å². The predicted molar refractivity (Wildman–Crippen MR) is 69.0 cm³/mol. The zero-order chi connectivity index (χ0) is 11.1. The molecule has 1 saturated carbocycles. The van der Waals surface area contributed by atoms with Gasteiger partial charge in [-0.3, -0.25) is 0 Å². The maximum Gasteiger partial charge on any atom is 0.0401 e. The average molecular weight is 215 g/mol. The van der Waals surface area contributed by atoms with E-state index in [1.807, 2.05) is 0 Å². The lowest BCUT2D eigenvalue weighted by Crippen LogP contribution is -2.41. The van der Waals surface area contributed by atoms with Crippen molar-refractivity contribution in [2.75, 3.05) is 11.9 Å². The Morgan fingerprint density at radius 2 is 2.06 bits per heavy atom. The molecule has 1 nitrogen and oxygen atoms in total. The lowest BCUT2D eigenvalue weighted by Gasteiger charge is -2.43. The lowest BCUT2D eigenvalue weighted by molar-refractivity contribution is 0.356. The first-order valence-corrected chi connectivity index (χ1v) is 6.64. The molecule has 1 aliphatic carbocycles. The minimum atomic E-state index is 0.805. The zero-order valence-electron chi connectivity index (χ0n) is 10.3. The molecular formula is C15H21N. The monoisotopic (exact) mass is 215 g/mol. The molecule has 3 atom stereocenters. The Morgan fingerprint density at radius 3 is 2.88 bits per heavy atom. The average Bonchev–Trinajstić information content (AvgIpc) is 2.79. The van der Waals surface area contributed by atoms with E-state index in [0.29, 0.717) is 0 Å². The van der Waals surface area contributed by atoms with Crippen LogP contribution in [0.3, 0.4) is 0 Å². The minimum Gasteiger partial charge on any atom is -0.371 e. The Morgan fingerprint density at radius 1 is 1.25 bits per heavy atom. The Labute approximate surface area is 98.5 Å². The molecule has 0 radical (unpaired) electrons. The second-order valence-corrected chi connectivity index (χ2v) is 5.35. The molecule has 0 amide bonds. The normalized spacial score (nSPS) is 32.4. The fourth-order valence-electron chi connectivity index (χ4n) is 3.97. The van der Waals surface area contributed by atoms with Crippen LogP contribution < -0.4 is 4.90 Å². The highest BCUT2D eigenvalue weighted by molar-refractivity contribution is 5.58. The summed E-state index contributed by atoms with van der Waals surface area (Å²) >= 11 is 0. The van der Waals surface area contributed by atoms with Gasteiger partial charge in [0.2, 0.25) is 0 Å². The third kappa shape index (κ3) is 1.30. The summed E-state index contributed by atoms with van der Waals surface area (Å²) in [6, 6.07) is 9.82. The highest BCUT2D eigenvalue weighted by atomic mass is 15.2. The number of hydrogen-bond acceptors (Lipinski definition) is 1. The summed E-state index contributed by atoms with van der Waals surface area (Å²) in [7, 11) is 2.29. The topological polar surface area (TPSA) is 3.24 Å². The number of para-hydroxylation sites is 1. The first kappa shape index (κ1) is 10.2. The SMILES string of the molecule is CC[C@@H]1c2ccccc2N(C)[C@@H]2CCC[C@H]12. The summed E-state index contributed by atoms with van der Waals surface area (Å²) in [6.07, 6.45) is 5.55. The van der Waals surface area contributed by atoms with Crippen LogP contribution >= 0.6 is 0 Å². The summed E-state index contributed by atoms with van der Waals surface area (Å²) in [4.78, 5) is 2.54. The number of nitrogens with zero attached hydrogens (tertiary/aromatic N) is 1. The maximum atomic E-state index is 2.54. The standard InChI is InChI=1S/C15H21N/c1-3-11-12-7-4-5-9-14(12)16(2)15-10-6-8-13(11)15/h4-5,7,9,11,13,15H,3,6,8,10H2,1-2H3/t11-,13-,15-/m1/s1. The maximum absolute atomic E-state index is 2.54. The smallest absolute Gasteiger partial charge is 0.0401 e. The first-order valence-electron chi connectivity index (χ1n) is 6.64. The fraction of sp³-hybridized carbons (Fsp3) is 0.600. The van der Waals surface area contributed by atoms with Gasteiger partial charge in [-0.2, -0.15) is 0 Å². The van der Waals surface area contributed by atoms with Crippen molar-refractivity contribution in [3.63, 3.8) is 0 Å². The number of rotatable bonds is 1. The molecule has 3 rings (SSSR count). The van der Waals surface area contributed by atoms with E-state index in [9.17, 15) is 0 Å². The molecular weight excluding hydrogens is 194 g/mol. The Hall–Kier alpha value is -0.980. The Balaban J connectivity index is 2.09. The second-order valence-electron chi connectivity index (χ2n) is 5.35. The number of benzene rings is 1. The number of fused-ring (bicyclic) bond motifs is 2. The van der Waals surface area contributed by atoms with E-state index in [4.69, 9.17) is 0 Å². The van der Waals surface area contributed by atoms with Crippen molar-refractivity contribution in [2.24, 2.45) is 5.92 Å². The van der Waals surface area contributed by atoms with Crippen LogP contribution in [0, 0.1) is 5.92 Å². The molecule has 0 aromatic heterocycles. The molecule has 1 heterocycles. The van der Waals surface area contributed by atoms with Crippen LogP contribution in [0.1, 0.15) is 44.1 Å². The van der Waals surface area contributed by atoms with Crippen LogP contribution in [-0.2, 0) is 0 Å². The van der Waals surface area contributed by atoms with Gasteiger partial charge in [0.15, 0.2) is 0 Å². The minimum absolute atomic E-state index is 0.805. The van der Waals surface area contributed by atoms with Crippen molar-refractivity contribution in [3.8, 4) is 0 Å². The molecule has 0 unspecified atom stereocenters. The van der Waals surface area contributed by atoms with Gasteiger partial charge in [0, 0.05) is 18.8 Å². The van der Waals surface area contributed by atoms with E-state index >= 15 is 0 Å². The summed E-state index contributed by atoms with van der Waals surface area (Å²) in [5.41, 5.74) is 3.08. The van der Waals surface area contributed by atoms with Crippen LogP contribution in [0.5, 0.6) is 0 Å². The fourth-order valence-corrected chi connectivity index (χ4v) is 3.97. The van der Waals surface area contributed by atoms with Gasteiger partial charge in [-0.05, 0) is 42.7 Å². The summed E-state index contributed by atoms with van der Waals surface area (Å²) in [5, 5.41) is 0. The Kier molecular flexibility index (Phi) is 2.42. The molecule has 1 aromatic rings. The lowest BCUT2D eigenvalue weighted by atomic mass is 9.76. The van der Waals surface area contributed by atoms with Gasteiger partial charge >= 0.3 is 0 Å².